The van der Waals surface area contributed by atoms with Gasteiger partial charge in [-0.25, -0.2) is 0 Å². The molecule has 0 aliphatic rings. The Labute approximate surface area is 121 Å². The molecule has 0 saturated carbocycles. The first kappa shape index (κ1) is 23.2. The molecule has 0 aromatic rings. The SMILES string of the molecule is C=C(C)C=NC.CC/C=C\CC(C)CCN.CCC. The van der Waals surface area contributed by atoms with Crippen molar-refractivity contribution < 1.29 is 0 Å². The Balaban J connectivity index is -0.000000242. The molecule has 2 N–H and O–H groups in total. The number of allylic oxidation sites excluding steroid dienone is 3. The van der Waals surface area contributed by atoms with Crippen LogP contribution in [0.3, 0.4) is 0 Å². The summed E-state index contributed by atoms with van der Waals surface area (Å²) < 4.78 is 0. The van der Waals surface area contributed by atoms with Gasteiger partial charge in [-0.1, -0.05) is 52.8 Å². The summed E-state index contributed by atoms with van der Waals surface area (Å²) in [4.78, 5) is 3.71. The Kier molecular flexibility index (Phi) is 27.3. The molecule has 0 aliphatic heterocycles. The molecule has 114 valence electrons. The molecule has 0 fully saturated rings. The van der Waals surface area contributed by atoms with Crippen molar-refractivity contribution in [2.45, 2.75) is 60.3 Å². The third kappa shape index (κ3) is 38.2. The lowest BCUT2D eigenvalue weighted by Crippen LogP contribution is -2.04. The third-order valence-corrected chi connectivity index (χ3v) is 1.95. The van der Waals surface area contributed by atoms with Crippen molar-refractivity contribution >= 4 is 6.21 Å². The van der Waals surface area contributed by atoms with E-state index in [0.717, 1.165) is 30.9 Å². The molecule has 0 bridgehead atoms. The second-order valence-corrected chi connectivity index (χ2v) is 4.74. The molecular formula is C17H36N2. The van der Waals surface area contributed by atoms with Crippen LogP contribution >= 0.6 is 0 Å². The molecule has 0 aromatic carbocycles. The molecule has 2 nitrogen and oxygen atoms in total. The fourth-order valence-electron chi connectivity index (χ4n) is 1.12. The number of nitrogens with zero attached hydrogens (tertiary/aromatic N) is 1. The van der Waals surface area contributed by atoms with Crippen LogP contribution in [0.2, 0.25) is 0 Å². The van der Waals surface area contributed by atoms with Crippen molar-refractivity contribution in [2.24, 2.45) is 16.6 Å². The van der Waals surface area contributed by atoms with Crippen LogP contribution in [0, 0.1) is 5.92 Å². The third-order valence-electron chi connectivity index (χ3n) is 1.95. The Morgan fingerprint density at radius 1 is 1.26 bits per heavy atom. The lowest BCUT2D eigenvalue weighted by Gasteiger charge is -2.04. The molecule has 0 saturated heterocycles. The first-order valence-corrected chi connectivity index (χ1v) is 7.42. The number of hydrogen-bond acceptors (Lipinski definition) is 2. The summed E-state index contributed by atoms with van der Waals surface area (Å²) in [6.45, 7) is 15.0. The molecular weight excluding hydrogens is 232 g/mol. The van der Waals surface area contributed by atoms with E-state index in [1.54, 1.807) is 13.3 Å². The van der Waals surface area contributed by atoms with Gasteiger partial charge >= 0.3 is 0 Å². The molecule has 2 heteroatoms. The number of nitrogens with two attached hydrogens (primary N) is 1. The average molecular weight is 268 g/mol. The largest absolute Gasteiger partial charge is 0.330 e. The predicted molar refractivity (Wildman–Crippen MR) is 92.1 cm³/mol. The van der Waals surface area contributed by atoms with Crippen molar-refractivity contribution in [3.63, 3.8) is 0 Å². The predicted octanol–water partition coefficient (Wildman–Crippen LogP) is 5.01. The van der Waals surface area contributed by atoms with Crippen LogP contribution in [0.25, 0.3) is 0 Å². The molecule has 0 radical (unpaired) electrons. The monoisotopic (exact) mass is 268 g/mol. The van der Waals surface area contributed by atoms with E-state index in [-0.39, 0.29) is 0 Å². The van der Waals surface area contributed by atoms with Crippen LogP contribution in [-0.4, -0.2) is 19.8 Å². The van der Waals surface area contributed by atoms with Crippen LogP contribution in [0.4, 0.5) is 0 Å². The van der Waals surface area contributed by atoms with E-state index in [1.807, 2.05) is 6.92 Å². The van der Waals surface area contributed by atoms with Gasteiger partial charge in [-0.3, -0.25) is 4.99 Å². The van der Waals surface area contributed by atoms with Crippen LogP contribution in [-0.2, 0) is 0 Å². The van der Waals surface area contributed by atoms with Gasteiger partial charge in [0.15, 0.2) is 0 Å². The summed E-state index contributed by atoms with van der Waals surface area (Å²) in [5.74, 6) is 0.757. The molecule has 19 heavy (non-hydrogen) atoms. The highest BCUT2D eigenvalue weighted by Crippen LogP contribution is 2.06. The lowest BCUT2D eigenvalue weighted by atomic mass is 10.0. The molecule has 1 atom stereocenters. The van der Waals surface area contributed by atoms with E-state index in [9.17, 15) is 0 Å². The molecule has 0 rings (SSSR count). The number of hydrogen-bond donors (Lipinski definition) is 1. The maximum atomic E-state index is 5.41. The van der Waals surface area contributed by atoms with E-state index >= 15 is 0 Å². The van der Waals surface area contributed by atoms with Crippen molar-refractivity contribution in [2.75, 3.05) is 13.6 Å². The summed E-state index contributed by atoms with van der Waals surface area (Å²) in [5.41, 5.74) is 6.41. The topological polar surface area (TPSA) is 38.4 Å². The second kappa shape index (κ2) is 22.3. The van der Waals surface area contributed by atoms with Gasteiger partial charge in [0, 0.05) is 13.3 Å². The second-order valence-electron chi connectivity index (χ2n) is 4.74. The van der Waals surface area contributed by atoms with Crippen molar-refractivity contribution in [1.82, 2.24) is 0 Å². The Morgan fingerprint density at radius 3 is 2.05 bits per heavy atom. The minimum Gasteiger partial charge on any atom is -0.330 e. The highest BCUT2D eigenvalue weighted by molar-refractivity contribution is 5.76. The zero-order chi connectivity index (χ0) is 15.5. The van der Waals surface area contributed by atoms with Gasteiger partial charge < -0.3 is 5.73 Å². The Hall–Kier alpha value is -0.890. The average Bonchev–Trinajstić information content (AvgIpc) is 2.31. The molecule has 1 unspecified atom stereocenters. The van der Waals surface area contributed by atoms with Crippen molar-refractivity contribution in [3.05, 3.63) is 24.3 Å². The highest BCUT2D eigenvalue weighted by atomic mass is 14.6. The van der Waals surface area contributed by atoms with E-state index in [0.29, 0.717) is 0 Å². The van der Waals surface area contributed by atoms with Gasteiger partial charge in [0.1, 0.15) is 0 Å². The fourth-order valence-corrected chi connectivity index (χ4v) is 1.12. The fraction of sp³-hybridized carbons (Fsp3) is 0.706. The first-order chi connectivity index (χ1) is 8.99. The normalized spacial score (nSPS) is 11.5. The summed E-state index contributed by atoms with van der Waals surface area (Å²) in [7, 11) is 1.73. The molecule has 0 amide bonds. The van der Waals surface area contributed by atoms with Crippen LogP contribution in [0.1, 0.15) is 60.3 Å². The van der Waals surface area contributed by atoms with E-state index in [1.165, 1.54) is 12.8 Å². The van der Waals surface area contributed by atoms with Crippen molar-refractivity contribution in [3.8, 4) is 0 Å². The van der Waals surface area contributed by atoms with Crippen LogP contribution < -0.4 is 5.73 Å². The minimum atomic E-state index is 0.757. The quantitative estimate of drug-likeness (QED) is 0.534. The van der Waals surface area contributed by atoms with E-state index in [2.05, 4.69) is 51.4 Å². The van der Waals surface area contributed by atoms with Crippen LogP contribution in [0.15, 0.2) is 29.3 Å². The smallest absolute Gasteiger partial charge is 0.0277 e. The summed E-state index contributed by atoms with van der Waals surface area (Å²) in [6.07, 6.45) is 10.9. The van der Waals surface area contributed by atoms with Gasteiger partial charge in [0.2, 0.25) is 0 Å². The van der Waals surface area contributed by atoms with E-state index in [4.69, 9.17) is 5.73 Å². The Morgan fingerprint density at radius 2 is 1.79 bits per heavy atom. The molecule has 0 aromatic heterocycles. The van der Waals surface area contributed by atoms with Gasteiger partial charge in [-0.15, -0.1) is 0 Å². The first-order valence-electron chi connectivity index (χ1n) is 7.42. The minimum absolute atomic E-state index is 0.757. The molecule has 0 spiro atoms. The summed E-state index contributed by atoms with van der Waals surface area (Å²) in [5, 5.41) is 0. The van der Waals surface area contributed by atoms with Crippen LogP contribution in [0.5, 0.6) is 0 Å². The maximum absolute atomic E-state index is 5.41. The number of aliphatic imine (C=N–C) groups is 1. The standard InChI is InChI=1S/C9H19N.C5H9N.C3H8/c1-3-4-5-6-9(2)7-8-10;1-5(2)4-6-3;1-3-2/h4-5,9H,3,6-8,10H2,1-2H3;4H,1H2,2-3H3;3H2,1-2H3/b5-4-;;. The molecule has 0 aliphatic carbocycles. The maximum Gasteiger partial charge on any atom is 0.0277 e. The highest BCUT2D eigenvalue weighted by Gasteiger charge is 1.95. The molecule has 0 heterocycles. The van der Waals surface area contributed by atoms with E-state index < -0.39 is 0 Å². The van der Waals surface area contributed by atoms with Crippen molar-refractivity contribution in [1.29, 1.82) is 0 Å². The lowest BCUT2D eigenvalue weighted by molar-refractivity contribution is 0.548. The van der Waals surface area contributed by atoms with Gasteiger partial charge in [0.05, 0.1) is 0 Å². The zero-order valence-corrected chi connectivity index (χ0v) is 14.1. The zero-order valence-electron chi connectivity index (χ0n) is 14.1. The summed E-state index contributed by atoms with van der Waals surface area (Å²) >= 11 is 0. The summed E-state index contributed by atoms with van der Waals surface area (Å²) in [6, 6.07) is 0. The number of rotatable bonds is 6. The van der Waals surface area contributed by atoms with Gasteiger partial charge in [-0.2, -0.15) is 0 Å². The Bertz CT molecular complexity index is 217. The van der Waals surface area contributed by atoms with Gasteiger partial charge in [0.25, 0.3) is 0 Å². The van der Waals surface area contributed by atoms with Gasteiger partial charge in [-0.05, 0) is 44.2 Å².